The van der Waals surface area contributed by atoms with Crippen LogP contribution in [-0.2, 0) is 4.74 Å². The molecule has 0 aliphatic heterocycles. The molecule has 1 aromatic carbocycles. The molecule has 1 amide bonds. The fourth-order valence-electron chi connectivity index (χ4n) is 2.28. The van der Waals surface area contributed by atoms with E-state index in [1.165, 1.54) is 0 Å². The number of nitrogen functional groups attached to an aromatic ring is 1. The smallest absolute Gasteiger partial charge is 0.268 e. The van der Waals surface area contributed by atoms with E-state index >= 15 is 0 Å². The van der Waals surface area contributed by atoms with E-state index in [1.807, 2.05) is 24.3 Å². The number of nitrogens with one attached hydrogen (secondary N) is 2. The average Bonchev–Trinajstić information content (AvgIpc) is 2.82. The number of ether oxygens (including phenoxy) is 1. The molecule has 0 fully saturated rings. The van der Waals surface area contributed by atoms with Gasteiger partial charge in [0.2, 0.25) is 0 Å². The molecule has 0 aliphatic carbocycles. The maximum Gasteiger partial charge on any atom is 0.268 e. The summed E-state index contributed by atoms with van der Waals surface area (Å²) in [5, 5.41) is 3.92. The van der Waals surface area contributed by atoms with E-state index in [0.29, 0.717) is 18.0 Å². The molecule has 0 aliphatic rings. The monoisotopic (exact) mass is 275 g/mol. The molecule has 5 nitrogen and oxygen atoms in total. The highest BCUT2D eigenvalue weighted by molar-refractivity contribution is 5.98. The lowest BCUT2D eigenvalue weighted by atomic mass is 10.1. The number of carbonyl (C=O) groups is 1. The minimum Gasteiger partial charge on any atom is -0.399 e. The number of benzene rings is 1. The van der Waals surface area contributed by atoms with Crippen molar-refractivity contribution in [1.82, 2.24) is 10.3 Å². The van der Waals surface area contributed by atoms with Gasteiger partial charge < -0.3 is 20.8 Å². The summed E-state index contributed by atoms with van der Waals surface area (Å²) in [6.07, 6.45) is 1.89. The van der Waals surface area contributed by atoms with Gasteiger partial charge in [-0.3, -0.25) is 4.79 Å². The molecule has 4 N–H and O–H groups in total. The number of anilines is 1. The summed E-state index contributed by atoms with van der Waals surface area (Å²) in [6.45, 7) is 2.60. The Morgan fingerprint density at radius 2 is 2.25 bits per heavy atom. The summed E-state index contributed by atoms with van der Waals surface area (Å²) in [4.78, 5) is 15.3. The van der Waals surface area contributed by atoms with E-state index in [1.54, 1.807) is 7.11 Å². The molecule has 1 heterocycles. The summed E-state index contributed by atoms with van der Waals surface area (Å²) in [5.41, 5.74) is 7.87. The fourth-order valence-corrected chi connectivity index (χ4v) is 2.28. The quantitative estimate of drug-likeness (QED) is 0.708. The number of amides is 1. The predicted octanol–water partition coefficient (Wildman–Crippen LogP) is 2.29. The van der Waals surface area contributed by atoms with Gasteiger partial charge in [-0.15, -0.1) is 0 Å². The van der Waals surface area contributed by atoms with E-state index in [9.17, 15) is 4.79 Å². The van der Waals surface area contributed by atoms with Crippen molar-refractivity contribution >= 4 is 22.5 Å². The lowest BCUT2D eigenvalue weighted by molar-refractivity contribution is 0.0887. The van der Waals surface area contributed by atoms with Crippen molar-refractivity contribution in [2.75, 3.05) is 19.5 Å². The first kappa shape index (κ1) is 14.4. The second-order valence-electron chi connectivity index (χ2n) is 4.94. The maximum atomic E-state index is 12.2. The number of H-pyrrole nitrogens is 1. The van der Waals surface area contributed by atoms with Gasteiger partial charge in [0, 0.05) is 23.7 Å². The first-order valence-electron chi connectivity index (χ1n) is 6.82. The molecule has 0 saturated heterocycles. The van der Waals surface area contributed by atoms with Crippen LogP contribution in [0.15, 0.2) is 24.3 Å². The topological polar surface area (TPSA) is 80.1 Å². The molecular formula is C15H21N3O2. The summed E-state index contributed by atoms with van der Waals surface area (Å²) < 4.78 is 5.13. The fraction of sp³-hybridized carbons (Fsp3) is 0.400. The Morgan fingerprint density at radius 3 is 2.95 bits per heavy atom. The summed E-state index contributed by atoms with van der Waals surface area (Å²) >= 11 is 0. The SMILES string of the molecule is CCCC(COC)NC(=O)c1cc2cc(N)ccc2[nH]1. The number of aromatic amines is 1. The van der Waals surface area contributed by atoms with Gasteiger partial charge in [-0.25, -0.2) is 0 Å². The highest BCUT2D eigenvalue weighted by atomic mass is 16.5. The van der Waals surface area contributed by atoms with Crippen LogP contribution in [0.1, 0.15) is 30.3 Å². The van der Waals surface area contributed by atoms with Crippen molar-refractivity contribution in [3.05, 3.63) is 30.0 Å². The number of carbonyl (C=O) groups excluding carboxylic acids is 1. The number of fused-ring (bicyclic) bond motifs is 1. The van der Waals surface area contributed by atoms with Crippen LogP contribution in [0.25, 0.3) is 10.9 Å². The van der Waals surface area contributed by atoms with Crippen molar-refractivity contribution in [1.29, 1.82) is 0 Å². The van der Waals surface area contributed by atoms with E-state index in [4.69, 9.17) is 10.5 Å². The number of rotatable bonds is 6. The third-order valence-electron chi connectivity index (χ3n) is 3.23. The number of nitrogens with two attached hydrogens (primary N) is 1. The van der Waals surface area contributed by atoms with E-state index in [2.05, 4.69) is 17.2 Å². The normalized spacial score (nSPS) is 12.5. The molecule has 5 heteroatoms. The van der Waals surface area contributed by atoms with Crippen molar-refractivity contribution < 1.29 is 9.53 Å². The Balaban J connectivity index is 2.13. The molecule has 1 aromatic heterocycles. The van der Waals surface area contributed by atoms with E-state index < -0.39 is 0 Å². The Kier molecular flexibility index (Phi) is 4.63. The molecule has 2 aromatic rings. The molecule has 0 spiro atoms. The van der Waals surface area contributed by atoms with Crippen molar-refractivity contribution in [2.24, 2.45) is 0 Å². The Bertz CT molecular complexity index is 586. The number of aromatic nitrogens is 1. The van der Waals surface area contributed by atoms with E-state index in [-0.39, 0.29) is 11.9 Å². The van der Waals surface area contributed by atoms with Gasteiger partial charge in [-0.1, -0.05) is 13.3 Å². The van der Waals surface area contributed by atoms with Crippen molar-refractivity contribution in [3.63, 3.8) is 0 Å². The molecule has 1 unspecified atom stereocenters. The first-order chi connectivity index (χ1) is 9.63. The van der Waals surface area contributed by atoms with Gasteiger partial charge in [0.05, 0.1) is 12.6 Å². The first-order valence-corrected chi connectivity index (χ1v) is 6.82. The van der Waals surface area contributed by atoms with Crippen LogP contribution >= 0.6 is 0 Å². The second kappa shape index (κ2) is 6.43. The van der Waals surface area contributed by atoms with Crippen LogP contribution in [0.2, 0.25) is 0 Å². The second-order valence-corrected chi connectivity index (χ2v) is 4.94. The molecule has 0 radical (unpaired) electrons. The van der Waals surface area contributed by atoms with Crippen LogP contribution < -0.4 is 11.1 Å². The van der Waals surface area contributed by atoms with Gasteiger partial charge in [0.15, 0.2) is 0 Å². The summed E-state index contributed by atoms with van der Waals surface area (Å²) in [7, 11) is 1.64. The van der Waals surface area contributed by atoms with Crippen LogP contribution in [0, 0.1) is 0 Å². The average molecular weight is 275 g/mol. The van der Waals surface area contributed by atoms with Crippen LogP contribution in [-0.4, -0.2) is 30.6 Å². The minimum atomic E-state index is -0.115. The molecular weight excluding hydrogens is 254 g/mol. The summed E-state index contributed by atoms with van der Waals surface area (Å²) in [5.74, 6) is -0.115. The predicted molar refractivity (Wildman–Crippen MR) is 80.7 cm³/mol. The van der Waals surface area contributed by atoms with Gasteiger partial charge in [0.1, 0.15) is 5.69 Å². The Morgan fingerprint density at radius 1 is 1.45 bits per heavy atom. The van der Waals surface area contributed by atoms with Crippen molar-refractivity contribution in [3.8, 4) is 0 Å². The summed E-state index contributed by atoms with van der Waals surface area (Å²) in [6, 6.07) is 7.39. The number of hydrogen-bond acceptors (Lipinski definition) is 3. The molecule has 0 saturated carbocycles. The highest BCUT2D eigenvalue weighted by Gasteiger charge is 2.14. The number of hydrogen-bond donors (Lipinski definition) is 3. The van der Waals surface area contributed by atoms with Gasteiger partial charge in [0.25, 0.3) is 5.91 Å². The van der Waals surface area contributed by atoms with Gasteiger partial charge in [-0.2, -0.15) is 0 Å². The third kappa shape index (κ3) is 3.30. The van der Waals surface area contributed by atoms with Crippen LogP contribution in [0.4, 0.5) is 5.69 Å². The molecule has 2 rings (SSSR count). The highest BCUT2D eigenvalue weighted by Crippen LogP contribution is 2.18. The van der Waals surface area contributed by atoms with E-state index in [0.717, 1.165) is 23.7 Å². The largest absolute Gasteiger partial charge is 0.399 e. The zero-order valence-corrected chi connectivity index (χ0v) is 11.9. The van der Waals surface area contributed by atoms with Gasteiger partial charge in [-0.05, 0) is 30.7 Å². The molecule has 0 bridgehead atoms. The maximum absolute atomic E-state index is 12.2. The molecule has 108 valence electrons. The Labute approximate surface area is 118 Å². The molecule has 1 atom stereocenters. The van der Waals surface area contributed by atoms with Gasteiger partial charge >= 0.3 is 0 Å². The zero-order chi connectivity index (χ0) is 14.5. The molecule has 20 heavy (non-hydrogen) atoms. The lowest BCUT2D eigenvalue weighted by Gasteiger charge is -2.16. The third-order valence-corrected chi connectivity index (χ3v) is 3.23. The zero-order valence-electron chi connectivity index (χ0n) is 11.9. The van der Waals surface area contributed by atoms with Crippen LogP contribution in [0.3, 0.4) is 0 Å². The standard InChI is InChI=1S/C15H21N3O2/c1-3-4-12(9-20-2)17-15(19)14-8-10-7-11(16)5-6-13(10)18-14/h5-8,12,18H,3-4,9,16H2,1-2H3,(H,17,19). The number of methoxy groups -OCH3 is 1. The van der Waals surface area contributed by atoms with Crippen molar-refractivity contribution in [2.45, 2.75) is 25.8 Å². The Hall–Kier alpha value is -2.01. The lowest BCUT2D eigenvalue weighted by Crippen LogP contribution is -2.38. The minimum absolute atomic E-state index is 0.0361. The van der Waals surface area contributed by atoms with Crippen LogP contribution in [0.5, 0.6) is 0 Å².